The van der Waals surface area contributed by atoms with Crippen molar-refractivity contribution in [3.63, 3.8) is 0 Å². The number of halogens is 6. The predicted octanol–water partition coefficient (Wildman–Crippen LogP) is 10.8. The van der Waals surface area contributed by atoms with Crippen LogP contribution in [0.5, 0.6) is 11.5 Å². The minimum Gasteiger partial charge on any atom is -0.486 e. The molecule has 0 fully saturated rings. The number of aliphatic carboxylic acids is 1. The highest BCUT2D eigenvalue weighted by Gasteiger charge is 2.26. The van der Waals surface area contributed by atoms with Crippen LogP contribution in [0.1, 0.15) is 48.9 Å². The second-order valence-corrected chi connectivity index (χ2v) is 22.0. The number of methoxy groups -OCH3 is 1. The molecule has 2 N–H and O–H groups in total. The van der Waals surface area contributed by atoms with Crippen LogP contribution in [0.3, 0.4) is 0 Å². The smallest absolute Gasteiger partial charge is 0.305 e. The van der Waals surface area contributed by atoms with Crippen molar-refractivity contribution in [1.29, 1.82) is 0 Å². The molecule has 4 aromatic rings. The quantitative estimate of drug-likeness (QED) is 0.0768. The molecular formula is C39H44Br4Cl2N2O10S3. The largest absolute Gasteiger partial charge is 0.486 e. The van der Waals surface area contributed by atoms with Crippen LogP contribution >= 0.6 is 86.9 Å². The van der Waals surface area contributed by atoms with Gasteiger partial charge in [0.05, 0.1) is 62.4 Å². The Morgan fingerprint density at radius 1 is 0.800 bits per heavy atom. The summed E-state index contributed by atoms with van der Waals surface area (Å²) in [5.74, 6) is 3.45. The first-order valence-corrected chi connectivity index (χ1v) is 26.9. The third-order valence-corrected chi connectivity index (χ3v) is 14.8. The van der Waals surface area contributed by atoms with Crippen LogP contribution in [-0.2, 0) is 71.1 Å². The number of nitrogens with one attached hydrogen (secondary N) is 1. The maximum Gasteiger partial charge on any atom is 0.305 e. The zero-order valence-electron chi connectivity index (χ0n) is 33.3. The fourth-order valence-corrected chi connectivity index (χ4v) is 12.6. The fourth-order valence-electron chi connectivity index (χ4n) is 5.11. The molecule has 2 atom stereocenters. The molecule has 4 rings (SSSR count). The van der Waals surface area contributed by atoms with Crippen LogP contribution < -0.4 is 17.9 Å². The zero-order valence-corrected chi connectivity index (χ0v) is 43.6. The Bertz CT molecular complexity index is 2330. The van der Waals surface area contributed by atoms with E-state index in [-0.39, 0.29) is 42.7 Å². The Morgan fingerprint density at radius 2 is 1.23 bits per heavy atom. The molecule has 0 amide bonds. The van der Waals surface area contributed by atoms with E-state index in [0.29, 0.717) is 58.5 Å². The van der Waals surface area contributed by atoms with E-state index >= 15 is 0 Å². The Kier molecular flexibility index (Phi) is 22.5. The first-order valence-electron chi connectivity index (χ1n) is 17.5. The Morgan fingerprint density at radius 3 is 1.63 bits per heavy atom. The number of carbonyl (C=O) groups excluding carboxylic acids is 1. The summed E-state index contributed by atoms with van der Waals surface area (Å²) < 4.78 is 71.0. The summed E-state index contributed by atoms with van der Waals surface area (Å²) in [6.07, 6.45) is 4.94. The molecule has 0 aliphatic rings. The second kappa shape index (κ2) is 25.1. The second-order valence-electron chi connectivity index (χ2n) is 12.4. The van der Waals surface area contributed by atoms with Gasteiger partial charge < -0.3 is 24.0 Å². The van der Waals surface area contributed by atoms with Crippen molar-refractivity contribution in [2.75, 3.05) is 34.3 Å². The van der Waals surface area contributed by atoms with Crippen molar-refractivity contribution in [3.8, 4) is 11.5 Å². The molecular weight excluding hydrogens is 1140 g/mol. The number of nitrogens with zero attached hydrogens (tertiary/aromatic N) is 1. The van der Waals surface area contributed by atoms with E-state index in [1.165, 1.54) is 25.7 Å². The molecule has 12 nitrogen and oxygen atoms in total. The van der Waals surface area contributed by atoms with Crippen molar-refractivity contribution in [3.05, 3.63) is 111 Å². The van der Waals surface area contributed by atoms with E-state index in [0.717, 1.165) is 26.7 Å². The normalized spacial score (nSPS) is 12.3. The van der Waals surface area contributed by atoms with E-state index in [4.69, 9.17) is 37.8 Å². The number of hydrogen-bond donors (Lipinski definition) is 2. The molecule has 0 aliphatic carbocycles. The van der Waals surface area contributed by atoms with Crippen molar-refractivity contribution in [1.82, 2.24) is 0 Å². The Labute approximate surface area is 398 Å². The average molecular weight is 1190 g/mol. The van der Waals surface area contributed by atoms with Gasteiger partial charge in [-0.1, -0.05) is 61.3 Å². The number of hydrogen-bond acceptors (Lipinski definition) is 9. The molecule has 60 heavy (non-hydrogen) atoms. The standard InChI is InChI=1S/C20H22Br2ClNO6S2.C17H16Br2ClNO4S.C2H6/c1-29-18(25)9-8-13-10-15(21)20(16(22)11-13)30-12-14-6-5-7-17(19(14)23)24(31(2,3)26)32(4,27)28;1-26(24)21-14-4-2-3-11(16(14)20)9-25-17-12(18)7-10(8-13(17)19)5-6-15(22)23;1-2/h5-7,10-11H,2,8-9,12H2,1,3-4H3;2-4,7-8,21H,5-6,9H2,1H3,(H,22,23);1-2H3. The number of aryl methyl sites for hydroxylation is 2. The SMILES string of the molecule is C=S(C)(=O)N(c1cccc(COc2c(Br)cc(CCC(=O)OC)cc2Br)c1Cl)S(C)(=O)=O.CC.CS(=O)Nc1cccc(COc2c(Br)cc(CCC(=O)O)cc2Br)c1Cl. The lowest BCUT2D eigenvalue weighted by Crippen LogP contribution is -2.35. The molecule has 2 unspecified atom stereocenters. The lowest BCUT2D eigenvalue weighted by atomic mass is 10.1. The topological polar surface area (TPSA) is 166 Å². The van der Waals surface area contributed by atoms with Gasteiger partial charge in [0, 0.05) is 36.5 Å². The molecule has 0 saturated heterocycles. The molecule has 4 aromatic carbocycles. The van der Waals surface area contributed by atoms with Gasteiger partial charge in [-0.2, -0.15) is 3.71 Å². The molecule has 0 radical (unpaired) electrons. The Hall–Kier alpha value is -2.36. The monoisotopic (exact) mass is 1180 g/mol. The number of carboxylic acid groups (broad SMARTS) is 1. The van der Waals surface area contributed by atoms with Gasteiger partial charge in [-0.05, 0) is 130 Å². The summed E-state index contributed by atoms with van der Waals surface area (Å²) in [4.78, 5) is 22.1. The molecule has 0 heterocycles. The molecule has 0 bridgehead atoms. The predicted molar refractivity (Wildman–Crippen MR) is 259 cm³/mol. The third-order valence-electron chi connectivity index (χ3n) is 7.57. The van der Waals surface area contributed by atoms with E-state index in [2.05, 4.69) is 79.0 Å². The van der Waals surface area contributed by atoms with Gasteiger partial charge in [-0.15, -0.1) is 0 Å². The lowest BCUT2D eigenvalue weighted by Gasteiger charge is -2.25. The molecule has 0 spiro atoms. The fraction of sp³-hybridized carbons (Fsp3) is 0.308. The summed E-state index contributed by atoms with van der Waals surface area (Å²) in [6, 6.07) is 17.5. The summed E-state index contributed by atoms with van der Waals surface area (Å²) in [7, 11) is -6.91. The van der Waals surface area contributed by atoms with Crippen molar-refractivity contribution in [2.45, 2.75) is 52.7 Å². The Balaban J connectivity index is 0.000000405. The van der Waals surface area contributed by atoms with Gasteiger partial charge in [0.15, 0.2) is 0 Å². The van der Waals surface area contributed by atoms with Crippen LogP contribution in [0.25, 0.3) is 0 Å². The summed E-state index contributed by atoms with van der Waals surface area (Å²) >= 11 is 26.6. The number of sulfonamides is 1. The van der Waals surface area contributed by atoms with E-state index < -0.39 is 36.7 Å². The molecule has 0 aliphatic heterocycles. The van der Waals surface area contributed by atoms with Crippen LogP contribution in [0.4, 0.5) is 11.4 Å². The van der Waals surface area contributed by atoms with Gasteiger partial charge in [-0.3, -0.25) is 9.59 Å². The van der Waals surface area contributed by atoms with E-state index in [1.54, 1.807) is 24.3 Å². The van der Waals surface area contributed by atoms with Crippen LogP contribution in [0.15, 0.2) is 78.6 Å². The highest BCUT2D eigenvalue weighted by molar-refractivity contribution is 9.11. The highest BCUT2D eigenvalue weighted by atomic mass is 79.9. The number of carboxylic acids is 1. The number of benzene rings is 4. The van der Waals surface area contributed by atoms with Gasteiger partial charge >= 0.3 is 11.9 Å². The van der Waals surface area contributed by atoms with Crippen molar-refractivity contribution < 1.29 is 45.7 Å². The van der Waals surface area contributed by atoms with E-state index in [9.17, 15) is 26.4 Å². The van der Waals surface area contributed by atoms with Crippen molar-refractivity contribution >= 4 is 147 Å². The minimum absolute atomic E-state index is 0.0189. The van der Waals surface area contributed by atoms with Gasteiger partial charge in [0.2, 0.25) is 10.0 Å². The summed E-state index contributed by atoms with van der Waals surface area (Å²) in [5, 5.41) is 9.34. The first-order chi connectivity index (χ1) is 28.0. The van der Waals surface area contributed by atoms with Crippen LogP contribution in [0.2, 0.25) is 10.0 Å². The highest BCUT2D eigenvalue weighted by Crippen LogP contribution is 2.39. The van der Waals surface area contributed by atoms with Gasteiger partial charge in [0.1, 0.15) is 35.7 Å². The number of esters is 1. The van der Waals surface area contributed by atoms with Crippen LogP contribution in [-0.4, -0.2) is 65.6 Å². The maximum atomic E-state index is 12.5. The summed E-state index contributed by atoms with van der Waals surface area (Å²) in [6.45, 7) is 4.24. The number of carbonyl (C=O) groups is 2. The molecule has 21 heteroatoms. The average Bonchev–Trinajstić information content (AvgIpc) is 3.14. The third kappa shape index (κ3) is 16.7. The minimum atomic E-state index is -3.89. The van der Waals surface area contributed by atoms with Gasteiger partial charge in [-0.25, -0.2) is 16.8 Å². The molecule has 0 aromatic heterocycles. The number of ether oxygens (including phenoxy) is 3. The van der Waals surface area contributed by atoms with Crippen LogP contribution in [0, 0.1) is 0 Å². The molecule has 330 valence electrons. The lowest BCUT2D eigenvalue weighted by molar-refractivity contribution is -0.140. The summed E-state index contributed by atoms with van der Waals surface area (Å²) in [5.41, 5.74) is 3.67. The van der Waals surface area contributed by atoms with Gasteiger partial charge in [0.25, 0.3) is 0 Å². The zero-order chi connectivity index (χ0) is 45.5. The maximum absolute atomic E-state index is 12.5. The number of anilines is 2. The molecule has 0 saturated carbocycles. The van der Waals surface area contributed by atoms with Crippen molar-refractivity contribution in [2.24, 2.45) is 0 Å². The first kappa shape index (κ1) is 53.8. The number of rotatable bonds is 17. The van der Waals surface area contributed by atoms with E-state index in [1.807, 2.05) is 44.2 Å².